The lowest BCUT2D eigenvalue weighted by atomic mass is 9.73. The molecule has 2 aliphatic heterocycles. The second-order valence-corrected chi connectivity index (χ2v) is 7.78. The first-order valence-corrected chi connectivity index (χ1v) is 8.54. The Morgan fingerprint density at radius 2 is 2.04 bits per heavy atom. The van der Waals surface area contributed by atoms with Crippen molar-refractivity contribution in [2.24, 2.45) is 5.41 Å². The molecule has 1 aromatic carbocycles. The van der Waals surface area contributed by atoms with Gasteiger partial charge >= 0.3 is 0 Å². The van der Waals surface area contributed by atoms with Gasteiger partial charge in [-0.05, 0) is 48.2 Å². The van der Waals surface area contributed by atoms with Gasteiger partial charge in [0.2, 0.25) is 6.79 Å². The van der Waals surface area contributed by atoms with Crippen molar-refractivity contribution in [1.29, 1.82) is 0 Å². The van der Waals surface area contributed by atoms with E-state index in [0.29, 0.717) is 18.0 Å². The van der Waals surface area contributed by atoms with Gasteiger partial charge in [-0.15, -0.1) is 0 Å². The molecule has 2 heterocycles. The summed E-state index contributed by atoms with van der Waals surface area (Å²) in [6.45, 7) is 4.50. The third-order valence-corrected chi connectivity index (χ3v) is 4.93. The van der Waals surface area contributed by atoms with Crippen LogP contribution in [0.4, 0.5) is 0 Å². The van der Waals surface area contributed by atoms with Gasteiger partial charge in [-0.1, -0.05) is 19.9 Å². The molecule has 5 nitrogen and oxygen atoms in total. The van der Waals surface area contributed by atoms with Gasteiger partial charge in [0.25, 0.3) is 0 Å². The van der Waals surface area contributed by atoms with Gasteiger partial charge in [0.1, 0.15) is 0 Å². The molecule has 1 aliphatic carbocycles. The highest BCUT2D eigenvalue weighted by Gasteiger charge is 2.39. The lowest BCUT2D eigenvalue weighted by Gasteiger charge is -2.39. The summed E-state index contributed by atoms with van der Waals surface area (Å²) in [7, 11) is 0. The van der Waals surface area contributed by atoms with Crippen molar-refractivity contribution < 1.29 is 14.3 Å². The molecule has 4 rings (SSSR count). The highest BCUT2D eigenvalue weighted by Crippen LogP contribution is 2.39. The second kappa shape index (κ2) is 5.48. The van der Waals surface area contributed by atoms with E-state index in [2.05, 4.69) is 24.5 Å². The maximum Gasteiger partial charge on any atom is 0.231 e. The minimum atomic E-state index is -0.0993. The van der Waals surface area contributed by atoms with E-state index in [1.807, 2.05) is 18.2 Å². The fourth-order valence-electron chi connectivity index (χ4n) is 3.71. The van der Waals surface area contributed by atoms with E-state index in [9.17, 15) is 4.79 Å². The number of ether oxygens (including phenoxy) is 2. The Balaban J connectivity index is 1.64. The summed E-state index contributed by atoms with van der Waals surface area (Å²) in [6.07, 6.45) is 2.09. The van der Waals surface area contributed by atoms with Crippen molar-refractivity contribution in [3.8, 4) is 11.5 Å². The molecule has 1 unspecified atom stereocenters. The van der Waals surface area contributed by atoms with E-state index in [1.54, 1.807) is 0 Å². The first-order chi connectivity index (χ1) is 11.4. The molecule has 6 heteroatoms. The minimum Gasteiger partial charge on any atom is -0.454 e. The molecule has 1 atom stereocenters. The lowest BCUT2D eigenvalue weighted by Crippen LogP contribution is -2.53. The first kappa shape index (κ1) is 15.4. The van der Waals surface area contributed by atoms with Crippen LogP contribution in [0.15, 0.2) is 29.5 Å². The summed E-state index contributed by atoms with van der Waals surface area (Å²) in [5.74, 6) is 1.73. The van der Waals surface area contributed by atoms with Crippen LogP contribution in [0, 0.1) is 5.41 Å². The SMILES string of the molecule is CC1(C)CC(=O)C2=C(C1)NC(=S)NC2Cc1ccc2c(c1)OCO2. The molecule has 1 aromatic rings. The number of hydrogen-bond acceptors (Lipinski definition) is 4. The normalized spacial score (nSPS) is 24.3. The van der Waals surface area contributed by atoms with Crippen molar-refractivity contribution in [2.75, 3.05) is 6.79 Å². The molecule has 0 saturated heterocycles. The molecular formula is C18H20N2O3S. The van der Waals surface area contributed by atoms with Crippen LogP contribution in [0.25, 0.3) is 0 Å². The third-order valence-electron chi connectivity index (χ3n) is 4.71. The molecule has 0 bridgehead atoms. The van der Waals surface area contributed by atoms with Gasteiger partial charge in [0, 0.05) is 17.7 Å². The number of rotatable bonds is 2. The number of carbonyl (C=O) groups excluding carboxylic acids is 1. The Labute approximate surface area is 146 Å². The number of Topliss-reactive ketones (excluding diaryl/α,β-unsaturated/α-hetero) is 1. The fourth-order valence-corrected chi connectivity index (χ4v) is 3.98. The minimum absolute atomic E-state index is 0.0286. The fraction of sp³-hybridized carbons (Fsp3) is 0.444. The standard InChI is InChI=1S/C18H20N2O3S/c1-18(2)7-12-16(13(21)8-18)11(19-17(24)20-12)5-10-3-4-14-15(6-10)23-9-22-14/h3-4,6,11H,5,7-9H2,1-2H3,(H2,19,20,24). The van der Waals surface area contributed by atoms with Crippen LogP contribution in [-0.4, -0.2) is 23.7 Å². The Kier molecular flexibility index (Phi) is 3.53. The molecule has 0 radical (unpaired) electrons. The van der Waals surface area contributed by atoms with Crippen LogP contribution >= 0.6 is 12.2 Å². The van der Waals surface area contributed by atoms with E-state index < -0.39 is 0 Å². The first-order valence-electron chi connectivity index (χ1n) is 8.14. The average molecular weight is 344 g/mol. The van der Waals surface area contributed by atoms with Crippen LogP contribution in [0.3, 0.4) is 0 Å². The summed E-state index contributed by atoms with van der Waals surface area (Å²) in [5, 5.41) is 7.04. The number of fused-ring (bicyclic) bond motifs is 1. The predicted octanol–water partition coefficient (Wildman–Crippen LogP) is 2.45. The number of ketones is 1. The predicted molar refractivity (Wildman–Crippen MR) is 94.0 cm³/mol. The Morgan fingerprint density at radius 1 is 1.25 bits per heavy atom. The molecule has 0 saturated carbocycles. The number of nitrogens with one attached hydrogen (secondary N) is 2. The summed E-state index contributed by atoms with van der Waals surface area (Å²) >= 11 is 5.35. The monoisotopic (exact) mass is 344 g/mol. The van der Waals surface area contributed by atoms with Crippen molar-refractivity contribution in [3.63, 3.8) is 0 Å². The van der Waals surface area contributed by atoms with Crippen LogP contribution < -0.4 is 20.1 Å². The number of carbonyl (C=O) groups is 1. The summed E-state index contributed by atoms with van der Waals surface area (Å²) < 4.78 is 10.8. The second-order valence-electron chi connectivity index (χ2n) is 7.38. The smallest absolute Gasteiger partial charge is 0.231 e. The number of benzene rings is 1. The van der Waals surface area contributed by atoms with Gasteiger partial charge < -0.3 is 20.1 Å². The van der Waals surface area contributed by atoms with E-state index in [4.69, 9.17) is 21.7 Å². The number of allylic oxidation sites excluding steroid dienone is 1. The number of thiocarbonyl (C=S) groups is 1. The highest BCUT2D eigenvalue weighted by molar-refractivity contribution is 7.80. The van der Waals surface area contributed by atoms with Gasteiger partial charge in [-0.2, -0.15) is 0 Å². The average Bonchev–Trinajstić information content (AvgIpc) is 2.92. The quantitative estimate of drug-likeness (QED) is 0.804. The van der Waals surface area contributed by atoms with E-state index >= 15 is 0 Å². The van der Waals surface area contributed by atoms with Crippen molar-refractivity contribution in [3.05, 3.63) is 35.0 Å². The van der Waals surface area contributed by atoms with E-state index in [1.165, 1.54) is 0 Å². The molecule has 0 spiro atoms. The highest BCUT2D eigenvalue weighted by atomic mass is 32.1. The lowest BCUT2D eigenvalue weighted by molar-refractivity contribution is -0.118. The largest absolute Gasteiger partial charge is 0.454 e. The van der Waals surface area contributed by atoms with Crippen molar-refractivity contribution in [1.82, 2.24) is 10.6 Å². The summed E-state index contributed by atoms with van der Waals surface area (Å²) in [4.78, 5) is 12.7. The van der Waals surface area contributed by atoms with E-state index in [0.717, 1.165) is 34.8 Å². The summed E-state index contributed by atoms with van der Waals surface area (Å²) in [5.41, 5.74) is 2.89. The molecular weight excluding hydrogens is 324 g/mol. The zero-order valence-corrected chi connectivity index (χ0v) is 14.6. The van der Waals surface area contributed by atoms with Crippen molar-refractivity contribution >= 4 is 23.1 Å². The third kappa shape index (κ3) is 2.75. The maximum atomic E-state index is 12.7. The molecule has 24 heavy (non-hydrogen) atoms. The maximum absolute atomic E-state index is 12.7. The van der Waals surface area contributed by atoms with Gasteiger partial charge in [0.15, 0.2) is 22.4 Å². The van der Waals surface area contributed by atoms with Gasteiger partial charge in [0.05, 0.1) is 6.04 Å². The molecule has 0 aromatic heterocycles. The van der Waals surface area contributed by atoms with Gasteiger partial charge in [-0.3, -0.25) is 4.79 Å². The van der Waals surface area contributed by atoms with E-state index in [-0.39, 0.29) is 24.0 Å². The molecule has 3 aliphatic rings. The molecule has 0 amide bonds. The van der Waals surface area contributed by atoms with Gasteiger partial charge in [-0.25, -0.2) is 0 Å². The molecule has 0 fully saturated rings. The number of hydrogen-bond donors (Lipinski definition) is 2. The van der Waals surface area contributed by atoms with Crippen LogP contribution in [0.2, 0.25) is 0 Å². The van der Waals surface area contributed by atoms with Crippen molar-refractivity contribution in [2.45, 2.75) is 39.2 Å². The Hall–Kier alpha value is -2.08. The summed E-state index contributed by atoms with van der Waals surface area (Å²) in [6, 6.07) is 5.81. The molecule has 2 N–H and O–H groups in total. The zero-order chi connectivity index (χ0) is 16.9. The zero-order valence-electron chi connectivity index (χ0n) is 13.8. The van der Waals surface area contributed by atoms with Crippen LogP contribution in [-0.2, 0) is 11.2 Å². The van der Waals surface area contributed by atoms with Crippen LogP contribution in [0.5, 0.6) is 11.5 Å². The van der Waals surface area contributed by atoms with Crippen LogP contribution in [0.1, 0.15) is 32.3 Å². The Morgan fingerprint density at radius 3 is 2.88 bits per heavy atom. The molecule has 126 valence electrons. The Bertz CT molecular complexity index is 770. The topological polar surface area (TPSA) is 59.6 Å².